The van der Waals surface area contributed by atoms with E-state index < -0.39 is 8.24 Å². The van der Waals surface area contributed by atoms with Gasteiger partial charge in [-0.3, -0.25) is 0 Å². The molecule has 0 rings (SSSR count). The lowest BCUT2D eigenvalue weighted by Gasteiger charge is -2.29. The Morgan fingerprint density at radius 1 is 1.50 bits per heavy atom. The number of nitrogens with zero attached hydrogens (tertiary/aromatic N) is 1. The molecule has 0 N–H and O–H groups in total. The zero-order chi connectivity index (χ0) is 11.2. The van der Waals surface area contributed by atoms with Crippen LogP contribution in [0.4, 0.5) is 0 Å². The summed E-state index contributed by atoms with van der Waals surface area (Å²) >= 11 is 0. The van der Waals surface area contributed by atoms with E-state index in [9.17, 15) is 4.79 Å². The van der Waals surface area contributed by atoms with E-state index in [4.69, 9.17) is 4.74 Å². The zero-order valence-corrected chi connectivity index (χ0v) is 10.7. The molecule has 0 spiro atoms. The van der Waals surface area contributed by atoms with Crippen LogP contribution in [0.3, 0.4) is 0 Å². The molecule has 82 valence electrons. The lowest BCUT2D eigenvalue weighted by molar-refractivity contribution is -0.137. The summed E-state index contributed by atoms with van der Waals surface area (Å²) in [4.78, 5) is 10.7. The Hall–Kier alpha value is -0.613. The van der Waals surface area contributed by atoms with Gasteiger partial charge in [-0.05, 0) is 26.6 Å². The van der Waals surface area contributed by atoms with E-state index in [1.165, 1.54) is 6.08 Å². The number of carbonyl (C=O) groups excluding carboxylic acids is 1. The quantitative estimate of drug-likeness (QED) is 0.293. The van der Waals surface area contributed by atoms with Crippen LogP contribution in [0.2, 0.25) is 19.1 Å². The second-order valence-electron chi connectivity index (χ2n) is 4.18. The highest BCUT2D eigenvalue weighted by atomic mass is 28.3. The van der Waals surface area contributed by atoms with E-state index in [0.717, 1.165) is 12.5 Å². The Bertz CT molecular complexity index is 202. The molecule has 3 nitrogen and oxygen atoms in total. The molecular weight excluding hydrogens is 194 g/mol. The van der Waals surface area contributed by atoms with Crippen LogP contribution in [0.15, 0.2) is 12.7 Å². The molecule has 0 aromatic rings. The summed E-state index contributed by atoms with van der Waals surface area (Å²) in [5.74, 6) is -0.325. The first kappa shape index (κ1) is 13.4. The molecule has 4 heteroatoms. The Kier molecular flexibility index (Phi) is 5.72. The van der Waals surface area contributed by atoms with E-state index in [0.29, 0.717) is 6.61 Å². The molecule has 0 saturated carbocycles. The third kappa shape index (κ3) is 5.19. The van der Waals surface area contributed by atoms with Crippen LogP contribution in [0.5, 0.6) is 0 Å². The number of ether oxygens (including phenoxy) is 1. The summed E-state index contributed by atoms with van der Waals surface area (Å²) in [6.45, 7) is 8.47. The molecular formula is C10H21NO2Si. The summed E-state index contributed by atoms with van der Waals surface area (Å²) in [6, 6.07) is 1.14. The molecule has 14 heavy (non-hydrogen) atoms. The lowest BCUT2D eigenvalue weighted by atomic mass is 10.5. The van der Waals surface area contributed by atoms with Gasteiger partial charge in [-0.1, -0.05) is 19.7 Å². The van der Waals surface area contributed by atoms with Crippen molar-refractivity contribution in [1.29, 1.82) is 0 Å². The minimum absolute atomic E-state index is 0.325. The average Bonchev–Trinajstić information content (AvgIpc) is 2.11. The van der Waals surface area contributed by atoms with Crippen molar-refractivity contribution in [2.45, 2.75) is 25.6 Å². The zero-order valence-electron chi connectivity index (χ0n) is 9.67. The minimum atomic E-state index is -1.25. The second kappa shape index (κ2) is 5.98. The monoisotopic (exact) mass is 215 g/mol. The van der Waals surface area contributed by atoms with E-state index >= 15 is 0 Å². The molecule has 0 amide bonds. The largest absolute Gasteiger partial charge is 0.463 e. The number of esters is 1. The third-order valence-corrected chi connectivity index (χ3v) is 6.55. The van der Waals surface area contributed by atoms with Gasteiger partial charge in [0.2, 0.25) is 0 Å². The fourth-order valence-corrected chi connectivity index (χ4v) is 2.42. The van der Waals surface area contributed by atoms with Gasteiger partial charge in [-0.25, -0.2) is 4.79 Å². The molecule has 0 radical (unpaired) electrons. The van der Waals surface area contributed by atoms with Gasteiger partial charge < -0.3 is 9.30 Å². The Labute approximate surface area is 87.8 Å². The molecule has 0 aromatic carbocycles. The highest BCUT2D eigenvalue weighted by molar-refractivity contribution is 6.74. The smallest absolute Gasteiger partial charge is 0.330 e. The van der Waals surface area contributed by atoms with Crippen LogP contribution in [0, 0.1) is 0 Å². The fraction of sp³-hybridized carbons (Fsp3) is 0.700. The van der Waals surface area contributed by atoms with Crippen molar-refractivity contribution in [2.24, 2.45) is 0 Å². The van der Waals surface area contributed by atoms with Crippen LogP contribution < -0.4 is 0 Å². The maximum atomic E-state index is 10.7. The summed E-state index contributed by atoms with van der Waals surface area (Å²) in [6.07, 6.45) is 2.14. The van der Waals surface area contributed by atoms with E-state index in [1.807, 2.05) is 0 Å². The van der Waals surface area contributed by atoms with Crippen LogP contribution in [-0.2, 0) is 9.53 Å². The van der Waals surface area contributed by atoms with Crippen LogP contribution in [-0.4, -0.2) is 39.5 Å². The van der Waals surface area contributed by atoms with Gasteiger partial charge in [0.15, 0.2) is 0 Å². The molecule has 0 unspecified atom stereocenters. The highest BCUT2D eigenvalue weighted by Crippen LogP contribution is 2.13. The molecule has 0 fully saturated rings. The summed E-state index contributed by atoms with van der Waals surface area (Å²) < 4.78 is 7.22. The van der Waals surface area contributed by atoms with Crippen molar-refractivity contribution in [3.8, 4) is 0 Å². The maximum Gasteiger partial charge on any atom is 0.330 e. The first-order chi connectivity index (χ1) is 6.40. The normalized spacial score (nSPS) is 11.5. The van der Waals surface area contributed by atoms with E-state index in [-0.39, 0.29) is 5.97 Å². The van der Waals surface area contributed by atoms with Crippen molar-refractivity contribution >= 4 is 14.2 Å². The predicted octanol–water partition coefficient (Wildman–Crippen LogP) is 1.87. The van der Waals surface area contributed by atoms with Gasteiger partial charge in [0.1, 0.15) is 8.24 Å². The van der Waals surface area contributed by atoms with Gasteiger partial charge >= 0.3 is 5.97 Å². The van der Waals surface area contributed by atoms with Crippen molar-refractivity contribution in [3.05, 3.63) is 12.7 Å². The maximum absolute atomic E-state index is 10.7. The van der Waals surface area contributed by atoms with Gasteiger partial charge in [-0.15, -0.1) is 0 Å². The summed E-state index contributed by atoms with van der Waals surface area (Å²) in [5, 5.41) is 0. The average molecular weight is 215 g/mol. The highest BCUT2D eigenvalue weighted by Gasteiger charge is 2.22. The molecule has 0 aliphatic heterocycles. The fourth-order valence-electron chi connectivity index (χ4n) is 0.960. The predicted molar refractivity (Wildman–Crippen MR) is 61.7 cm³/mol. The Morgan fingerprint density at radius 2 is 2.07 bits per heavy atom. The van der Waals surface area contributed by atoms with E-state index in [2.05, 4.69) is 38.3 Å². The van der Waals surface area contributed by atoms with Crippen molar-refractivity contribution in [3.63, 3.8) is 0 Å². The number of rotatable bonds is 6. The SMILES string of the molecule is C=CC(=O)OCCC[Si](C)(C)N(C)C. The number of hydrogen-bond donors (Lipinski definition) is 0. The van der Waals surface area contributed by atoms with Crippen LogP contribution in [0.25, 0.3) is 0 Å². The minimum Gasteiger partial charge on any atom is -0.463 e. The molecule has 0 atom stereocenters. The number of carbonyl (C=O) groups is 1. The molecule has 0 heterocycles. The van der Waals surface area contributed by atoms with Crippen molar-refractivity contribution < 1.29 is 9.53 Å². The molecule has 0 aliphatic rings. The first-order valence-corrected chi connectivity index (χ1v) is 8.02. The van der Waals surface area contributed by atoms with Gasteiger partial charge in [-0.2, -0.15) is 0 Å². The molecule has 0 aromatic heterocycles. The van der Waals surface area contributed by atoms with Gasteiger partial charge in [0.25, 0.3) is 0 Å². The van der Waals surface area contributed by atoms with Gasteiger partial charge in [0, 0.05) is 6.08 Å². The van der Waals surface area contributed by atoms with Crippen molar-refractivity contribution in [2.75, 3.05) is 20.7 Å². The summed E-state index contributed by atoms with van der Waals surface area (Å²) in [7, 11) is 2.98. The molecule has 0 saturated heterocycles. The van der Waals surface area contributed by atoms with Gasteiger partial charge in [0.05, 0.1) is 6.61 Å². The summed E-state index contributed by atoms with van der Waals surface area (Å²) in [5.41, 5.74) is 0. The standard InChI is InChI=1S/C10H21NO2Si/c1-6-10(12)13-8-7-9-14(4,5)11(2)3/h6H,1,7-9H2,2-5H3. The molecule has 0 aliphatic carbocycles. The topological polar surface area (TPSA) is 29.5 Å². The lowest BCUT2D eigenvalue weighted by Crippen LogP contribution is -2.43. The first-order valence-electron chi connectivity index (χ1n) is 4.87. The Balaban J connectivity index is 3.64. The Morgan fingerprint density at radius 3 is 2.50 bits per heavy atom. The van der Waals surface area contributed by atoms with Crippen LogP contribution >= 0.6 is 0 Å². The third-order valence-electron chi connectivity index (χ3n) is 2.55. The number of hydrogen-bond acceptors (Lipinski definition) is 3. The van der Waals surface area contributed by atoms with Crippen molar-refractivity contribution in [1.82, 2.24) is 4.57 Å². The van der Waals surface area contributed by atoms with Crippen LogP contribution in [0.1, 0.15) is 6.42 Å². The second-order valence-corrected chi connectivity index (χ2v) is 9.20. The molecule has 0 bridgehead atoms. The van der Waals surface area contributed by atoms with E-state index in [1.54, 1.807) is 0 Å².